The molecule has 0 saturated heterocycles. The van der Waals surface area contributed by atoms with Crippen LogP contribution < -0.4 is 5.32 Å². The molecule has 0 spiro atoms. The zero-order chi connectivity index (χ0) is 14.4. The Morgan fingerprint density at radius 1 is 1.42 bits per heavy atom. The highest BCUT2D eigenvalue weighted by Gasteiger charge is 2.11. The van der Waals surface area contributed by atoms with Crippen LogP contribution in [0.2, 0.25) is 0 Å². The first-order chi connectivity index (χ1) is 8.93. The van der Waals surface area contributed by atoms with E-state index in [-0.39, 0.29) is 11.8 Å². The van der Waals surface area contributed by atoms with Crippen LogP contribution in [0.25, 0.3) is 0 Å². The van der Waals surface area contributed by atoms with E-state index in [1.807, 2.05) is 50.9 Å². The molecular formula is C15H21N3O. The largest absolute Gasteiger partial charge is 0.324 e. The van der Waals surface area contributed by atoms with Gasteiger partial charge >= 0.3 is 0 Å². The van der Waals surface area contributed by atoms with Crippen molar-refractivity contribution < 1.29 is 4.79 Å². The van der Waals surface area contributed by atoms with Crippen LogP contribution in [0.3, 0.4) is 0 Å². The van der Waals surface area contributed by atoms with Crippen molar-refractivity contribution in [3.63, 3.8) is 0 Å². The normalized spacial score (nSPS) is 12.0. The number of rotatable bonds is 5. The van der Waals surface area contributed by atoms with E-state index in [0.29, 0.717) is 13.1 Å². The lowest BCUT2D eigenvalue weighted by Gasteiger charge is -2.18. The molecule has 0 fully saturated rings. The van der Waals surface area contributed by atoms with Crippen LogP contribution in [-0.2, 0) is 4.79 Å². The number of hydrogen-bond acceptors (Lipinski definition) is 3. The van der Waals surface area contributed by atoms with Gasteiger partial charge in [0.05, 0.1) is 18.5 Å². The number of carbonyl (C=O) groups is 1. The molecule has 1 N–H and O–H groups in total. The molecule has 0 heterocycles. The smallest absolute Gasteiger partial charge is 0.238 e. The summed E-state index contributed by atoms with van der Waals surface area (Å²) in [5.41, 5.74) is 3.00. The molecular weight excluding hydrogens is 238 g/mol. The lowest BCUT2D eigenvalue weighted by atomic mass is 10.1. The number of nitrogens with one attached hydrogen (secondary N) is 1. The maximum absolute atomic E-state index is 12.0. The van der Waals surface area contributed by atoms with E-state index in [1.54, 1.807) is 0 Å². The molecule has 4 heteroatoms. The Balaban J connectivity index is 2.59. The number of benzene rings is 1. The van der Waals surface area contributed by atoms with Crippen molar-refractivity contribution in [2.75, 3.05) is 25.5 Å². The molecule has 1 aromatic rings. The minimum atomic E-state index is -0.0713. The van der Waals surface area contributed by atoms with E-state index in [0.717, 1.165) is 16.8 Å². The first-order valence-electron chi connectivity index (χ1n) is 6.38. The summed E-state index contributed by atoms with van der Waals surface area (Å²) in [6.45, 7) is 6.69. The second-order valence-corrected chi connectivity index (χ2v) is 5.04. The molecule has 1 atom stereocenters. The zero-order valence-electron chi connectivity index (χ0n) is 12.0. The number of aryl methyl sites for hydroxylation is 2. The summed E-state index contributed by atoms with van der Waals surface area (Å²) < 4.78 is 0. The van der Waals surface area contributed by atoms with Crippen molar-refractivity contribution >= 4 is 11.6 Å². The van der Waals surface area contributed by atoms with Crippen LogP contribution in [-0.4, -0.2) is 30.9 Å². The second-order valence-electron chi connectivity index (χ2n) is 5.04. The molecule has 0 aliphatic heterocycles. The van der Waals surface area contributed by atoms with Gasteiger partial charge in [-0.15, -0.1) is 0 Å². The fourth-order valence-electron chi connectivity index (χ4n) is 2.01. The number of para-hydroxylation sites is 1. The Morgan fingerprint density at radius 2 is 2.00 bits per heavy atom. The Kier molecular flexibility index (Phi) is 5.53. The van der Waals surface area contributed by atoms with Crippen molar-refractivity contribution in [2.24, 2.45) is 5.92 Å². The molecule has 0 radical (unpaired) electrons. The fraction of sp³-hybridized carbons (Fsp3) is 0.467. The topological polar surface area (TPSA) is 56.1 Å². The summed E-state index contributed by atoms with van der Waals surface area (Å²) in [6, 6.07) is 8.09. The summed E-state index contributed by atoms with van der Waals surface area (Å²) in [5, 5.41) is 11.7. The van der Waals surface area contributed by atoms with E-state index >= 15 is 0 Å². The Morgan fingerprint density at radius 3 is 2.53 bits per heavy atom. The maximum Gasteiger partial charge on any atom is 0.238 e. The highest BCUT2D eigenvalue weighted by atomic mass is 16.2. The third-order valence-electron chi connectivity index (χ3n) is 2.96. The van der Waals surface area contributed by atoms with Crippen molar-refractivity contribution in [1.29, 1.82) is 5.26 Å². The monoisotopic (exact) mass is 259 g/mol. The number of anilines is 1. The average Bonchev–Trinajstić information content (AvgIpc) is 2.33. The SMILES string of the molecule is Cc1cccc(C)c1NC(=O)CN(C)C[C@H](C)C#N. The van der Waals surface area contributed by atoms with E-state index < -0.39 is 0 Å². The summed E-state index contributed by atoms with van der Waals surface area (Å²) in [6.07, 6.45) is 0. The van der Waals surface area contributed by atoms with E-state index in [2.05, 4.69) is 11.4 Å². The Labute approximate surface area is 115 Å². The van der Waals surface area contributed by atoms with Crippen molar-refractivity contribution in [3.8, 4) is 6.07 Å². The molecule has 1 rings (SSSR count). The third kappa shape index (κ3) is 4.72. The van der Waals surface area contributed by atoms with Crippen LogP contribution in [0.15, 0.2) is 18.2 Å². The summed E-state index contributed by atoms with van der Waals surface area (Å²) >= 11 is 0. The molecule has 1 amide bonds. The Hall–Kier alpha value is -1.86. The number of hydrogen-bond donors (Lipinski definition) is 1. The molecule has 0 saturated carbocycles. The van der Waals surface area contributed by atoms with Gasteiger partial charge in [-0.05, 0) is 38.9 Å². The number of likely N-dealkylation sites (N-methyl/N-ethyl adjacent to an activating group) is 1. The minimum absolute atomic E-state index is 0.0509. The number of nitriles is 1. The van der Waals surface area contributed by atoms with Gasteiger partial charge in [0.15, 0.2) is 0 Å². The predicted molar refractivity (Wildman–Crippen MR) is 76.8 cm³/mol. The van der Waals surface area contributed by atoms with Crippen LogP contribution in [0.5, 0.6) is 0 Å². The van der Waals surface area contributed by atoms with Crippen molar-refractivity contribution in [2.45, 2.75) is 20.8 Å². The first kappa shape index (κ1) is 15.2. The van der Waals surface area contributed by atoms with Gasteiger partial charge in [0.25, 0.3) is 0 Å². The van der Waals surface area contributed by atoms with Crippen LogP contribution in [0.4, 0.5) is 5.69 Å². The summed E-state index contributed by atoms with van der Waals surface area (Å²) in [4.78, 5) is 13.8. The molecule has 4 nitrogen and oxygen atoms in total. The van der Waals surface area contributed by atoms with Gasteiger partial charge in [0, 0.05) is 12.2 Å². The van der Waals surface area contributed by atoms with Gasteiger partial charge in [0.2, 0.25) is 5.91 Å². The standard InChI is InChI=1S/C15H21N3O/c1-11(8-16)9-18(4)10-14(19)17-15-12(2)6-5-7-13(15)3/h5-7,11H,9-10H2,1-4H3,(H,17,19)/t11-/m1/s1. The molecule has 0 unspecified atom stereocenters. The van der Waals surface area contributed by atoms with Gasteiger partial charge in [-0.3, -0.25) is 9.69 Å². The van der Waals surface area contributed by atoms with Gasteiger partial charge in [0.1, 0.15) is 0 Å². The molecule has 0 aliphatic carbocycles. The zero-order valence-corrected chi connectivity index (χ0v) is 12.0. The van der Waals surface area contributed by atoms with Gasteiger partial charge in [-0.2, -0.15) is 5.26 Å². The summed E-state index contributed by atoms with van der Waals surface area (Å²) in [5.74, 6) is -0.122. The fourth-order valence-corrected chi connectivity index (χ4v) is 2.01. The summed E-state index contributed by atoms with van der Waals surface area (Å²) in [7, 11) is 1.85. The van der Waals surface area contributed by atoms with Crippen LogP contribution >= 0.6 is 0 Å². The van der Waals surface area contributed by atoms with Gasteiger partial charge in [-0.1, -0.05) is 18.2 Å². The van der Waals surface area contributed by atoms with E-state index in [9.17, 15) is 4.79 Å². The number of carbonyl (C=O) groups excluding carboxylic acids is 1. The number of nitrogens with zero attached hydrogens (tertiary/aromatic N) is 2. The molecule has 0 aliphatic rings. The van der Waals surface area contributed by atoms with E-state index in [4.69, 9.17) is 5.26 Å². The minimum Gasteiger partial charge on any atom is -0.324 e. The number of amides is 1. The van der Waals surface area contributed by atoms with Gasteiger partial charge in [-0.25, -0.2) is 0 Å². The lowest BCUT2D eigenvalue weighted by molar-refractivity contribution is -0.117. The van der Waals surface area contributed by atoms with Crippen LogP contribution in [0, 0.1) is 31.1 Å². The second kappa shape index (κ2) is 6.91. The lowest BCUT2D eigenvalue weighted by Crippen LogP contribution is -2.33. The quantitative estimate of drug-likeness (QED) is 0.883. The highest BCUT2D eigenvalue weighted by molar-refractivity contribution is 5.93. The average molecular weight is 259 g/mol. The molecule has 19 heavy (non-hydrogen) atoms. The molecule has 1 aromatic carbocycles. The predicted octanol–water partition coefficient (Wildman–Crippen LogP) is 2.33. The molecule has 102 valence electrons. The van der Waals surface area contributed by atoms with Gasteiger partial charge < -0.3 is 5.32 Å². The third-order valence-corrected chi connectivity index (χ3v) is 2.96. The molecule has 0 bridgehead atoms. The Bertz CT molecular complexity index is 470. The van der Waals surface area contributed by atoms with Crippen molar-refractivity contribution in [3.05, 3.63) is 29.3 Å². The van der Waals surface area contributed by atoms with Crippen molar-refractivity contribution in [1.82, 2.24) is 4.90 Å². The first-order valence-corrected chi connectivity index (χ1v) is 6.38. The molecule has 0 aromatic heterocycles. The maximum atomic E-state index is 12.0. The van der Waals surface area contributed by atoms with E-state index in [1.165, 1.54) is 0 Å². The highest BCUT2D eigenvalue weighted by Crippen LogP contribution is 2.19. The van der Waals surface area contributed by atoms with Crippen LogP contribution in [0.1, 0.15) is 18.1 Å².